The molecule has 0 atom stereocenters. The summed E-state index contributed by atoms with van der Waals surface area (Å²) in [5.74, 6) is -1.19. The summed E-state index contributed by atoms with van der Waals surface area (Å²) in [5.41, 5.74) is 0.414. The van der Waals surface area contributed by atoms with Crippen LogP contribution < -0.4 is 5.32 Å². The van der Waals surface area contributed by atoms with Crippen LogP contribution in [-0.4, -0.2) is 22.5 Å². The summed E-state index contributed by atoms with van der Waals surface area (Å²) in [5, 5.41) is 13.5. The van der Waals surface area contributed by atoms with Crippen LogP contribution in [0.2, 0.25) is 0 Å². The Morgan fingerprint density at radius 3 is 2.43 bits per heavy atom. The zero-order chi connectivity index (χ0) is 16.3. The molecule has 2 N–H and O–H groups in total. The molecule has 1 heterocycles. The van der Waals surface area contributed by atoms with Gasteiger partial charge in [0.05, 0.1) is 4.88 Å². The fraction of sp³-hybridized carbons (Fsp3) is 0.500. The number of carboxylic acids is 1. The molecule has 0 saturated heterocycles. The van der Waals surface area contributed by atoms with Crippen molar-refractivity contribution in [3.63, 3.8) is 0 Å². The molecule has 5 heteroatoms. The van der Waals surface area contributed by atoms with E-state index in [1.165, 1.54) is 17.4 Å². The summed E-state index contributed by atoms with van der Waals surface area (Å²) in [6, 6.07) is 1.75. The van der Waals surface area contributed by atoms with E-state index in [0.717, 1.165) is 12.5 Å². The van der Waals surface area contributed by atoms with Crippen molar-refractivity contribution in [2.24, 2.45) is 5.41 Å². The highest BCUT2D eigenvalue weighted by molar-refractivity contribution is 7.12. The van der Waals surface area contributed by atoms with Crippen molar-refractivity contribution in [1.82, 2.24) is 5.32 Å². The minimum Gasteiger partial charge on any atom is -0.478 e. The largest absolute Gasteiger partial charge is 0.478 e. The maximum atomic E-state index is 12.4. The Morgan fingerprint density at radius 2 is 1.90 bits per heavy atom. The summed E-state index contributed by atoms with van der Waals surface area (Å²) < 4.78 is 0. The van der Waals surface area contributed by atoms with Crippen LogP contribution in [0, 0.1) is 5.41 Å². The minimum absolute atomic E-state index is 0.109. The topological polar surface area (TPSA) is 66.4 Å². The molecule has 0 unspecified atom stereocenters. The van der Waals surface area contributed by atoms with Crippen LogP contribution in [0.3, 0.4) is 0 Å². The Bertz CT molecular complexity index is 550. The highest BCUT2D eigenvalue weighted by Gasteiger charge is 2.28. The van der Waals surface area contributed by atoms with E-state index < -0.39 is 5.97 Å². The lowest BCUT2D eigenvalue weighted by Crippen LogP contribution is -2.45. The normalized spacial score (nSPS) is 12.6. The third-order valence-electron chi connectivity index (χ3n) is 2.73. The molecule has 0 radical (unpaired) electrons. The molecule has 0 aliphatic rings. The Labute approximate surface area is 129 Å². The predicted molar refractivity (Wildman–Crippen MR) is 86.6 cm³/mol. The van der Waals surface area contributed by atoms with Gasteiger partial charge in [-0.2, -0.15) is 0 Å². The molecule has 0 fully saturated rings. The average molecular weight is 309 g/mol. The number of amides is 1. The number of carbonyl (C=O) groups excluding carboxylic acids is 1. The van der Waals surface area contributed by atoms with Crippen molar-refractivity contribution in [2.45, 2.75) is 46.6 Å². The second kappa shape index (κ2) is 6.43. The van der Waals surface area contributed by atoms with E-state index in [9.17, 15) is 9.59 Å². The van der Waals surface area contributed by atoms with Gasteiger partial charge in [0.1, 0.15) is 0 Å². The Kier molecular flexibility index (Phi) is 5.34. The highest BCUT2D eigenvalue weighted by Crippen LogP contribution is 2.28. The third kappa shape index (κ3) is 6.12. The van der Waals surface area contributed by atoms with Gasteiger partial charge < -0.3 is 10.4 Å². The summed E-state index contributed by atoms with van der Waals surface area (Å²) >= 11 is 1.31. The van der Waals surface area contributed by atoms with Crippen LogP contribution in [0.4, 0.5) is 0 Å². The van der Waals surface area contributed by atoms with Crippen LogP contribution >= 0.6 is 11.3 Å². The lowest BCUT2D eigenvalue weighted by atomic mass is 9.82. The van der Waals surface area contributed by atoms with Crippen LogP contribution in [-0.2, 0) is 4.79 Å². The average Bonchev–Trinajstić information content (AvgIpc) is 2.69. The molecular formula is C16H23NO3S. The van der Waals surface area contributed by atoms with E-state index >= 15 is 0 Å². The molecule has 116 valence electrons. The monoisotopic (exact) mass is 309 g/mol. The number of aliphatic carboxylic acids is 1. The SMILES string of the molecule is CC(C)(C)CC(C)(C)NC(=O)c1sccc1C=CC(=O)O. The number of rotatable bonds is 5. The van der Waals surface area contributed by atoms with Gasteiger partial charge in [0.15, 0.2) is 0 Å². The van der Waals surface area contributed by atoms with Gasteiger partial charge in [-0.15, -0.1) is 11.3 Å². The van der Waals surface area contributed by atoms with E-state index in [1.807, 2.05) is 13.8 Å². The van der Waals surface area contributed by atoms with E-state index in [-0.39, 0.29) is 16.9 Å². The molecule has 1 amide bonds. The van der Waals surface area contributed by atoms with Crippen molar-refractivity contribution in [1.29, 1.82) is 0 Å². The molecule has 0 aromatic carbocycles. The summed E-state index contributed by atoms with van der Waals surface area (Å²) in [6.45, 7) is 10.4. The number of carboxylic acid groups (broad SMARTS) is 1. The smallest absolute Gasteiger partial charge is 0.328 e. The van der Waals surface area contributed by atoms with Crippen LogP contribution in [0.15, 0.2) is 17.5 Å². The van der Waals surface area contributed by atoms with Gasteiger partial charge >= 0.3 is 5.97 Å². The van der Waals surface area contributed by atoms with Gasteiger partial charge in [0, 0.05) is 11.6 Å². The second-order valence-corrected chi connectivity index (χ2v) is 7.87. The summed E-state index contributed by atoms with van der Waals surface area (Å²) in [4.78, 5) is 23.5. The van der Waals surface area contributed by atoms with Gasteiger partial charge in [-0.3, -0.25) is 4.79 Å². The third-order valence-corrected chi connectivity index (χ3v) is 3.66. The second-order valence-electron chi connectivity index (χ2n) is 6.95. The van der Waals surface area contributed by atoms with E-state index in [2.05, 4.69) is 26.1 Å². The van der Waals surface area contributed by atoms with Gasteiger partial charge in [0.2, 0.25) is 0 Å². The van der Waals surface area contributed by atoms with Crippen molar-refractivity contribution >= 4 is 29.3 Å². The number of nitrogens with one attached hydrogen (secondary N) is 1. The first-order valence-electron chi connectivity index (χ1n) is 6.81. The Morgan fingerprint density at radius 1 is 1.29 bits per heavy atom. The fourth-order valence-corrected chi connectivity index (χ4v) is 3.31. The van der Waals surface area contributed by atoms with Gasteiger partial charge in [0.25, 0.3) is 5.91 Å². The minimum atomic E-state index is -1.03. The maximum Gasteiger partial charge on any atom is 0.328 e. The molecule has 1 rings (SSSR count). The lowest BCUT2D eigenvalue weighted by molar-refractivity contribution is -0.131. The molecule has 1 aromatic heterocycles. The molecule has 0 aliphatic carbocycles. The van der Waals surface area contributed by atoms with Crippen molar-refractivity contribution < 1.29 is 14.7 Å². The highest BCUT2D eigenvalue weighted by atomic mass is 32.1. The van der Waals surface area contributed by atoms with Crippen LogP contribution in [0.25, 0.3) is 6.08 Å². The Balaban J connectivity index is 2.86. The predicted octanol–water partition coefficient (Wildman–Crippen LogP) is 3.79. The number of hydrogen-bond acceptors (Lipinski definition) is 3. The van der Waals surface area contributed by atoms with Gasteiger partial charge in [-0.25, -0.2) is 4.79 Å². The summed E-state index contributed by atoms with van der Waals surface area (Å²) in [7, 11) is 0. The lowest BCUT2D eigenvalue weighted by Gasteiger charge is -2.33. The standard InChI is InChI=1S/C16H23NO3S/c1-15(2,3)10-16(4,5)17-14(20)13-11(8-9-21-13)6-7-12(18)19/h6-9H,10H2,1-5H3,(H,17,20)(H,18,19). The zero-order valence-electron chi connectivity index (χ0n) is 13.2. The summed E-state index contributed by atoms with van der Waals surface area (Å²) in [6.07, 6.45) is 3.33. The number of thiophene rings is 1. The first-order valence-corrected chi connectivity index (χ1v) is 7.69. The molecular weight excluding hydrogens is 286 g/mol. The molecule has 4 nitrogen and oxygen atoms in total. The first-order chi connectivity index (χ1) is 9.50. The fourth-order valence-electron chi connectivity index (χ4n) is 2.53. The molecule has 0 aliphatic heterocycles. The van der Waals surface area contributed by atoms with Gasteiger partial charge in [-0.1, -0.05) is 20.8 Å². The van der Waals surface area contributed by atoms with Crippen molar-refractivity contribution in [3.05, 3.63) is 28.0 Å². The van der Waals surface area contributed by atoms with Gasteiger partial charge in [-0.05, 0) is 48.8 Å². The van der Waals surface area contributed by atoms with Crippen LogP contribution in [0.1, 0.15) is 56.3 Å². The molecule has 0 bridgehead atoms. The quantitative estimate of drug-likeness (QED) is 0.813. The Hall–Kier alpha value is -1.62. The van der Waals surface area contributed by atoms with E-state index in [4.69, 9.17) is 5.11 Å². The number of hydrogen-bond donors (Lipinski definition) is 2. The zero-order valence-corrected chi connectivity index (χ0v) is 14.0. The molecule has 1 aromatic rings. The van der Waals surface area contributed by atoms with E-state index in [0.29, 0.717) is 10.4 Å². The van der Waals surface area contributed by atoms with E-state index in [1.54, 1.807) is 11.4 Å². The molecule has 0 saturated carbocycles. The molecule has 21 heavy (non-hydrogen) atoms. The maximum absolute atomic E-state index is 12.4. The first kappa shape index (κ1) is 17.4. The van der Waals surface area contributed by atoms with Crippen molar-refractivity contribution in [3.8, 4) is 0 Å². The molecule has 0 spiro atoms. The van der Waals surface area contributed by atoms with Crippen LogP contribution in [0.5, 0.6) is 0 Å². The van der Waals surface area contributed by atoms with Crippen molar-refractivity contribution in [2.75, 3.05) is 0 Å². The number of carbonyl (C=O) groups is 2.